The maximum absolute atomic E-state index is 12.6. The summed E-state index contributed by atoms with van der Waals surface area (Å²) < 4.78 is 7.42. The maximum atomic E-state index is 12.6. The van der Waals surface area contributed by atoms with Crippen molar-refractivity contribution in [2.45, 2.75) is 19.6 Å². The van der Waals surface area contributed by atoms with Gasteiger partial charge in [0.05, 0.1) is 11.7 Å². The highest BCUT2D eigenvalue weighted by Crippen LogP contribution is 2.19. The van der Waals surface area contributed by atoms with Crippen LogP contribution in [0.2, 0.25) is 0 Å². The minimum Gasteiger partial charge on any atom is -0.489 e. The van der Waals surface area contributed by atoms with Crippen molar-refractivity contribution in [2.75, 3.05) is 0 Å². The molecule has 2 heterocycles. The molecule has 4 rings (SSSR count). The van der Waals surface area contributed by atoms with E-state index < -0.39 is 0 Å². The first-order valence-electron chi connectivity index (χ1n) is 9.56. The van der Waals surface area contributed by atoms with E-state index in [4.69, 9.17) is 4.74 Å². The summed E-state index contributed by atoms with van der Waals surface area (Å²) in [7, 11) is 0. The van der Waals surface area contributed by atoms with Gasteiger partial charge in [-0.2, -0.15) is 5.10 Å². The van der Waals surface area contributed by atoms with Crippen molar-refractivity contribution in [3.63, 3.8) is 0 Å². The van der Waals surface area contributed by atoms with E-state index in [0.29, 0.717) is 12.2 Å². The van der Waals surface area contributed by atoms with Crippen LogP contribution >= 0.6 is 0 Å². The molecule has 2 aromatic carbocycles. The van der Waals surface area contributed by atoms with Gasteiger partial charge in [-0.25, -0.2) is 9.67 Å². The van der Waals surface area contributed by atoms with Crippen LogP contribution in [0.15, 0.2) is 85.7 Å². The minimum absolute atomic E-state index is 0.135. The van der Waals surface area contributed by atoms with Crippen molar-refractivity contribution in [1.29, 1.82) is 0 Å². The van der Waals surface area contributed by atoms with Crippen LogP contribution in [0.25, 0.3) is 5.69 Å². The number of hydrogen-bond donors (Lipinski definition) is 1. The predicted octanol–water partition coefficient (Wildman–Crippen LogP) is 3.73. The predicted molar refractivity (Wildman–Crippen MR) is 112 cm³/mol. The number of aromatic nitrogens is 4. The second-order valence-electron chi connectivity index (χ2n) is 6.80. The molecule has 0 saturated carbocycles. The van der Waals surface area contributed by atoms with Gasteiger partial charge in [-0.05, 0) is 55.0 Å². The highest BCUT2D eigenvalue weighted by molar-refractivity contribution is 5.94. The Morgan fingerprint density at radius 3 is 2.53 bits per heavy atom. The standard InChI is InChI=1S/C23H21N5O2/c1-17(19-6-10-22(11-7-19)30-14-18-3-2-12-24-13-18)27-23(29)20-4-8-21(9-5-20)28-16-25-15-26-28/h2-13,15-17H,14H2,1H3,(H,27,29). The van der Waals surface area contributed by atoms with Crippen LogP contribution in [0.5, 0.6) is 5.75 Å². The van der Waals surface area contributed by atoms with Gasteiger partial charge in [0.15, 0.2) is 0 Å². The summed E-state index contributed by atoms with van der Waals surface area (Å²) in [4.78, 5) is 20.6. The molecular formula is C23H21N5O2. The van der Waals surface area contributed by atoms with Crippen LogP contribution in [0.1, 0.15) is 34.5 Å². The first kappa shape index (κ1) is 19.3. The number of hydrogen-bond acceptors (Lipinski definition) is 5. The monoisotopic (exact) mass is 399 g/mol. The van der Waals surface area contributed by atoms with Crippen molar-refractivity contribution >= 4 is 5.91 Å². The summed E-state index contributed by atoms with van der Waals surface area (Å²) in [5, 5.41) is 7.10. The molecule has 1 atom stereocenters. The van der Waals surface area contributed by atoms with Crippen molar-refractivity contribution in [3.8, 4) is 11.4 Å². The lowest BCUT2D eigenvalue weighted by atomic mass is 10.1. The van der Waals surface area contributed by atoms with E-state index in [2.05, 4.69) is 20.4 Å². The molecule has 0 radical (unpaired) electrons. The Morgan fingerprint density at radius 1 is 1.07 bits per heavy atom. The third-order valence-corrected chi connectivity index (χ3v) is 4.67. The average molecular weight is 399 g/mol. The van der Waals surface area contributed by atoms with Gasteiger partial charge in [0.1, 0.15) is 25.0 Å². The Labute approximate surface area is 174 Å². The van der Waals surface area contributed by atoms with Crippen molar-refractivity contribution < 1.29 is 9.53 Å². The number of ether oxygens (including phenoxy) is 1. The Kier molecular flexibility index (Phi) is 5.80. The van der Waals surface area contributed by atoms with Crippen molar-refractivity contribution in [3.05, 3.63) is 102 Å². The number of pyridine rings is 1. The molecule has 0 saturated heterocycles. The number of rotatable bonds is 7. The highest BCUT2D eigenvalue weighted by Gasteiger charge is 2.12. The SMILES string of the molecule is CC(NC(=O)c1ccc(-n2cncn2)cc1)c1ccc(OCc2cccnc2)cc1. The third-order valence-electron chi connectivity index (χ3n) is 4.67. The zero-order valence-electron chi connectivity index (χ0n) is 16.5. The third kappa shape index (κ3) is 4.70. The summed E-state index contributed by atoms with van der Waals surface area (Å²) in [5.41, 5.74) is 3.44. The lowest BCUT2D eigenvalue weighted by Crippen LogP contribution is -2.26. The van der Waals surface area contributed by atoms with Gasteiger partial charge in [-0.1, -0.05) is 18.2 Å². The maximum Gasteiger partial charge on any atom is 0.251 e. The summed E-state index contributed by atoms with van der Waals surface area (Å²) in [6.07, 6.45) is 6.60. The molecule has 1 unspecified atom stereocenters. The summed E-state index contributed by atoms with van der Waals surface area (Å²) in [6, 6.07) is 18.6. The number of nitrogens with one attached hydrogen (secondary N) is 1. The molecule has 0 aliphatic heterocycles. The van der Waals surface area contributed by atoms with E-state index in [9.17, 15) is 4.79 Å². The molecule has 2 aromatic heterocycles. The van der Waals surface area contributed by atoms with Crippen LogP contribution in [0, 0.1) is 0 Å². The lowest BCUT2D eigenvalue weighted by molar-refractivity contribution is 0.0940. The van der Waals surface area contributed by atoms with Crippen molar-refractivity contribution in [1.82, 2.24) is 25.1 Å². The van der Waals surface area contributed by atoms with E-state index >= 15 is 0 Å². The fourth-order valence-electron chi connectivity index (χ4n) is 2.97. The summed E-state index contributed by atoms with van der Waals surface area (Å²) >= 11 is 0. The minimum atomic E-state index is -0.139. The van der Waals surface area contributed by atoms with Gasteiger partial charge >= 0.3 is 0 Å². The normalized spacial score (nSPS) is 11.6. The van der Waals surface area contributed by atoms with Crippen LogP contribution in [-0.2, 0) is 6.61 Å². The second-order valence-corrected chi connectivity index (χ2v) is 6.80. The van der Waals surface area contributed by atoms with Crippen LogP contribution < -0.4 is 10.1 Å². The van der Waals surface area contributed by atoms with Crippen molar-refractivity contribution in [2.24, 2.45) is 0 Å². The molecule has 0 fully saturated rings. The fourth-order valence-corrected chi connectivity index (χ4v) is 2.97. The summed E-state index contributed by atoms with van der Waals surface area (Å²) in [6.45, 7) is 2.41. The van der Waals surface area contributed by atoms with Gasteiger partial charge in [-0.3, -0.25) is 9.78 Å². The number of carbonyl (C=O) groups is 1. The number of amides is 1. The van der Waals surface area contributed by atoms with Gasteiger partial charge in [-0.15, -0.1) is 0 Å². The molecule has 1 N–H and O–H groups in total. The Balaban J connectivity index is 1.33. The van der Waals surface area contributed by atoms with Crippen LogP contribution in [-0.4, -0.2) is 25.7 Å². The smallest absolute Gasteiger partial charge is 0.251 e. The van der Waals surface area contributed by atoms with E-state index in [1.165, 1.54) is 6.33 Å². The fraction of sp³-hybridized carbons (Fsp3) is 0.130. The first-order valence-corrected chi connectivity index (χ1v) is 9.56. The van der Waals surface area contributed by atoms with Gasteiger partial charge in [0.25, 0.3) is 5.91 Å². The molecule has 7 heteroatoms. The lowest BCUT2D eigenvalue weighted by Gasteiger charge is -2.15. The number of carbonyl (C=O) groups excluding carboxylic acids is 1. The Morgan fingerprint density at radius 2 is 1.87 bits per heavy atom. The molecule has 7 nitrogen and oxygen atoms in total. The van der Waals surface area contributed by atoms with Gasteiger partial charge in [0.2, 0.25) is 0 Å². The second kappa shape index (κ2) is 9.00. The summed E-state index contributed by atoms with van der Waals surface area (Å²) in [5.74, 6) is 0.634. The largest absolute Gasteiger partial charge is 0.489 e. The zero-order valence-corrected chi connectivity index (χ0v) is 16.5. The zero-order chi connectivity index (χ0) is 20.8. The molecule has 0 aliphatic carbocycles. The average Bonchev–Trinajstić information content (AvgIpc) is 3.34. The molecule has 1 amide bonds. The first-order chi connectivity index (χ1) is 14.7. The Hall–Kier alpha value is -4.00. The van der Waals surface area contributed by atoms with E-state index in [-0.39, 0.29) is 11.9 Å². The number of nitrogens with zero attached hydrogens (tertiary/aromatic N) is 4. The molecular weight excluding hydrogens is 378 g/mol. The Bertz CT molecular complexity index is 1080. The number of benzene rings is 2. The molecule has 150 valence electrons. The molecule has 30 heavy (non-hydrogen) atoms. The van der Waals surface area contributed by atoms with E-state index in [1.54, 1.807) is 35.5 Å². The molecule has 0 aliphatic rings. The van der Waals surface area contributed by atoms with Gasteiger partial charge in [0, 0.05) is 23.5 Å². The van der Waals surface area contributed by atoms with Gasteiger partial charge < -0.3 is 10.1 Å². The van der Waals surface area contributed by atoms with E-state index in [0.717, 1.165) is 22.6 Å². The van der Waals surface area contributed by atoms with Crippen LogP contribution in [0.4, 0.5) is 0 Å². The van der Waals surface area contributed by atoms with Crippen LogP contribution in [0.3, 0.4) is 0 Å². The van der Waals surface area contributed by atoms with E-state index in [1.807, 2.05) is 55.5 Å². The topological polar surface area (TPSA) is 81.9 Å². The molecule has 0 bridgehead atoms. The quantitative estimate of drug-likeness (QED) is 0.512. The molecule has 0 spiro atoms. The molecule has 4 aromatic rings. The highest BCUT2D eigenvalue weighted by atomic mass is 16.5.